The van der Waals surface area contributed by atoms with Crippen LogP contribution in [0.25, 0.3) is 10.1 Å². The minimum absolute atomic E-state index is 0.215. The highest BCUT2D eigenvalue weighted by Crippen LogP contribution is 2.35. The van der Waals surface area contributed by atoms with Crippen molar-refractivity contribution in [3.05, 3.63) is 32.5 Å². The van der Waals surface area contributed by atoms with Crippen LogP contribution in [0.1, 0.15) is 12.0 Å². The fourth-order valence-corrected chi connectivity index (χ4v) is 3.15. The second-order valence-electron chi connectivity index (χ2n) is 2.76. The van der Waals surface area contributed by atoms with E-state index in [1.54, 1.807) is 6.07 Å². The van der Waals surface area contributed by atoms with Crippen LogP contribution in [0.15, 0.2) is 18.2 Å². The van der Waals surface area contributed by atoms with Crippen LogP contribution in [0.4, 0.5) is 13.2 Å². The van der Waals surface area contributed by atoms with Crippen LogP contribution in [0, 0.1) is 8.70 Å². The molecule has 0 unspecified atom stereocenters. The van der Waals surface area contributed by atoms with Crippen LogP contribution in [0.3, 0.4) is 0 Å². The van der Waals surface area contributed by atoms with Crippen molar-refractivity contribution in [2.75, 3.05) is 0 Å². The molecule has 0 amide bonds. The Hall–Kier alpha value is -0.300. The normalized spacial score (nSPS) is 11.5. The molecule has 0 aliphatic heterocycles. The van der Waals surface area contributed by atoms with E-state index in [1.807, 2.05) is 22.6 Å². The zero-order valence-corrected chi connectivity index (χ0v) is 9.70. The van der Waals surface area contributed by atoms with E-state index in [2.05, 4.69) is 0 Å². The summed E-state index contributed by atoms with van der Waals surface area (Å²) in [5, 5.41) is 0.551. The number of hydrogen-bond acceptors (Lipinski definition) is 1. The maximum atomic E-state index is 12.9. The number of alkyl halides is 2. The first-order chi connectivity index (χ1) is 6.58. The van der Waals surface area contributed by atoms with Gasteiger partial charge in [-0.15, -0.1) is 11.3 Å². The van der Waals surface area contributed by atoms with Crippen LogP contribution in [0.2, 0.25) is 0 Å². The molecule has 2 aromatic rings. The molecule has 74 valence electrons. The summed E-state index contributed by atoms with van der Waals surface area (Å²) in [7, 11) is 0. The summed E-state index contributed by atoms with van der Waals surface area (Å²) in [6.07, 6.45) is -2.62. The lowest BCUT2D eigenvalue weighted by Gasteiger charge is -2.01. The van der Waals surface area contributed by atoms with Gasteiger partial charge in [0.2, 0.25) is 0 Å². The molecule has 0 radical (unpaired) electrons. The third-order valence-electron chi connectivity index (χ3n) is 1.81. The van der Waals surface area contributed by atoms with E-state index in [0.29, 0.717) is 10.1 Å². The van der Waals surface area contributed by atoms with Crippen LogP contribution < -0.4 is 0 Å². The fourth-order valence-electron chi connectivity index (χ4n) is 1.27. The van der Waals surface area contributed by atoms with Crippen molar-refractivity contribution < 1.29 is 13.2 Å². The van der Waals surface area contributed by atoms with Gasteiger partial charge in [-0.2, -0.15) is 0 Å². The summed E-state index contributed by atoms with van der Waals surface area (Å²) >= 11 is 3.29. The van der Waals surface area contributed by atoms with Crippen molar-refractivity contribution in [3.63, 3.8) is 0 Å². The van der Waals surface area contributed by atoms with E-state index < -0.39 is 12.2 Å². The first-order valence-corrected chi connectivity index (χ1v) is 5.64. The van der Waals surface area contributed by atoms with E-state index in [4.69, 9.17) is 0 Å². The first-order valence-electron chi connectivity index (χ1n) is 3.74. The van der Waals surface area contributed by atoms with Gasteiger partial charge >= 0.3 is 0 Å². The van der Waals surface area contributed by atoms with Crippen molar-refractivity contribution >= 4 is 44.0 Å². The number of thiophene rings is 1. The fraction of sp³-hybridized carbons (Fsp3) is 0.111. The minimum atomic E-state index is -2.62. The molecule has 0 nitrogen and oxygen atoms in total. The first kappa shape index (κ1) is 10.2. The molecule has 5 heteroatoms. The van der Waals surface area contributed by atoms with Gasteiger partial charge < -0.3 is 0 Å². The van der Waals surface area contributed by atoms with Crippen molar-refractivity contribution in [1.82, 2.24) is 0 Å². The Bertz CT molecular complexity index is 478. The van der Waals surface area contributed by atoms with Crippen molar-refractivity contribution in [3.8, 4) is 0 Å². The Morgan fingerprint density at radius 1 is 1.21 bits per heavy atom. The van der Waals surface area contributed by atoms with Crippen molar-refractivity contribution in [2.24, 2.45) is 0 Å². The molecule has 0 saturated carbocycles. The zero-order chi connectivity index (χ0) is 10.3. The summed E-state index contributed by atoms with van der Waals surface area (Å²) in [5.41, 5.74) is -0.215. The number of halogens is 4. The molecule has 0 bridgehead atoms. The molecule has 1 heterocycles. The van der Waals surface area contributed by atoms with Crippen LogP contribution in [-0.4, -0.2) is 0 Å². The van der Waals surface area contributed by atoms with Gasteiger partial charge in [-0.1, -0.05) is 0 Å². The maximum absolute atomic E-state index is 12.9. The predicted octanol–water partition coefficient (Wildman–Crippen LogP) is 4.58. The molecular weight excluding hydrogens is 324 g/mol. The van der Waals surface area contributed by atoms with Gasteiger partial charge in [0.05, 0.1) is 2.88 Å². The second-order valence-corrected chi connectivity index (χ2v) is 5.71. The third kappa shape index (κ3) is 1.75. The zero-order valence-electron chi connectivity index (χ0n) is 6.73. The summed E-state index contributed by atoms with van der Waals surface area (Å²) in [4.78, 5) is 0. The van der Waals surface area contributed by atoms with Gasteiger partial charge in [-0.05, 0) is 46.2 Å². The van der Waals surface area contributed by atoms with Crippen molar-refractivity contribution in [2.45, 2.75) is 6.43 Å². The molecule has 1 aromatic carbocycles. The predicted molar refractivity (Wildman–Crippen MR) is 59.5 cm³/mol. The summed E-state index contributed by atoms with van der Waals surface area (Å²) in [5.74, 6) is -0.609. The van der Waals surface area contributed by atoms with Gasteiger partial charge in [0, 0.05) is 10.3 Å². The lowest BCUT2D eigenvalue weighted by atomic mass is 10.1. The standard InChI is InChI=1S/C9H4F3IS/c10-5-1-4-2-7(13)14-8(4)6(3-5)9(11)12/h1-3,9H. The Balaban J connectivity index is 2.79. The second kappa shape index (κ2) is 3.69. The number of hydrogen-bond donors (Lipinski definition) is 0. The Morgan fingerprint density at radius 2 is 1.93 bits per heavy atom. The Labute approximate surface area is 95.9 Å². The average Bonchev–Trinajstić information content (AvgIpc) is 2.42. The van der Waals surface area contributed by atoms with E-state index >= 15 is 0 Å². The van der Waals surface area contributed by atoms with E-state index in [-0.39, 0.29) is 5.56 Å². The monoisotopic (exact) mass is 328 g/mol. The number of fused-ring (bicyclic) bond motifs is 1. The third-order valence-corrected chi connectivity index (χ3v) is 3.78. The molecule has 0 atom stereocenters. The molecular formula is C9H4F3IS. The highest BCUT2D eigenvalue weighted by Gasteiger charge is 2.15. The van der Waals surface area contributed by atoms with E-state index in [9.17, 15) is 13.2 Å². The van der Waals surface area contributed by atoms with E-state index in [1.165, 1.54) is 17.4 Å². The molecule has 2 rings (SSSR count). The van der Waals surface area contributed by atoms with Crippen LogP contribution >= 0.6 is 33.9 Å². The van der Waals surface area contributed by atoms with Gasteiger partial charge in [0.25, 0.3) is 6.43 Å². The largest absolute Gasteiger partial charge is 0.265 e. The van der Waals surface area contributed by atoms with E-state index in [0.717, 1.165) is 8.95 Å². The van der Waals surface area contributed by atoms with Crippen LogP contribution in [0.5, 0.6) is 0 Å². The maximum Gasteiger partial charge on any atom is 0.265 e. The summed E-state index contributed by atoms with van der Waals surface area (Å²) in [6.45, 7) is 0. The highest BCUT2D eigenvalue weighted by atomic mass is 127. The molecule has 14 heavy (non-hydrogen) atoms. The summed E-state index contributed by atoms with van der Waals surface area (Å²) < 4.78 is 39.3. The van der Waals surface area contributed by atoms with Crippen molar-refractivity contribution in [1.29, 1.82) is 0 Å². The summed E-state index contributed by atoms with van der Waals surface area (Å²) in [6, 6.07) is 3.88. The molecule has 0 aliphatic rings. The molecule has 0 aliphatic carbocycles. The Kier molecular flexibility index (Phi) is 2.70. The topological polar surface area (TPSA) is 0 Å². The molecule has 0 saturated heterocycles. The van der Waals surface area contributed by atoms with Crippen LogP contribution in [-0.2, 0) is 0 Å². The molecule has 0 spiro atoms. The lowest BCUT2D eigenvalue weighted by Crippen LogP contribution is -1.86. The Morgan fingerprint density at radius 3 is 2.57 bits per heavy atom. The molecule has 1 aromatic heterocycles. The molecule has 0 N–H and O–H groups in total. The highest BCUT2D eigenvalue weighted by molar-refractivity contribution is 14.1. The van der Waals surface area contributed by atoms with Gasteiger partial charge in [-0.3, -0.25) is 0 Å². The van der Waals surface area contributed by atoms with Gasteiger partial charge in [0.15, 0.2) is 0 Å². The number of rotatable bonds is 1. The SMILES string of the molecule is Fc1cc(C(F)F)c2sc(I)cc2c1. The van der Waals surface area contributed by atoms with Gasteiger partial charge in [-0.25, -0.2) is 13.2 Å². The minimum Gasteiger partial charge on any atom is -0.207 e. The van der Waals surface area contributed by atoms with Gasteiger partial charge in [0.1, 0.15) is 5.82 Å². The average molecular weight is 328 g/mol. The number of benzene rings is 1. The smallest absolute Gasteiger partial charge is 0.207 e. The molecule has 0 fully saturated rings. The quantitative estimate of drug-likeness (QED) is 0.672. The lowest BCUT2D eigenvalue weighted by molar-refractivity contribution is 0.153.